The number of primary amides is 1. The first-order chi connectivity index (χ1) is 15.3. The molecule has 1 aliphatic rings. The van der Waals surface area contributed by atoms with Crippen LogP contribution in [-0.4, -0.2) is 36.8 Å². The smallest absolute Gasteiger partial charge is 0.417 e. The monoisotopic (exact) mass is 475 g/mol. The molecule has 1 aromatic carbocycles. The summed E-state index contributed by atoms with van der Waals surface area (Å²) in [4.78, 5) is 24.3. The van der Waals surface area contributed by atoms with Gasteiger partial charge < -0.3 is 25.7 Å². The molecule has 2 amide bonds. The standard InChI is InChI=1S/C20H18F5N3O5/c1-19(20(23,24)25)8-11(10-3-4-12(21)14(22)15(10)32-2)16(33-19)18(30)27-9-5-6-28(31)13(7-9)17(26)29/h3-7,11,16H,8H2,1-2H3,(H2,26,29)(H,27,30)/t11-,16-,19+/m0/s1. The molecule has 3 N–H and O–H groups in total. The van der Waals surface area contributed by atoms with Gasteiger partial charge in [0.25, 0.3) is 11.6 Å². The highest BCUT2D eigenvalue weighted by Crippen LogP contribution is 2.51. The summed E-state index contributed by atoms with van der Waals surface area (Å²) in [6.07, 6.45) is -6.64. The number of amides is 2. The maximum atomic E-state index is 14.2. The van der Waals surface area contributed by atoms with Crippen molar-refractivity contribution in [2.24, 2.45) is 5.73 Å². The van der Waals surface area contributed by atoms with Gasteiger partial charge in [0.1, 0.15) is 6.10 Å². The number of benzene rings is 1. The molecule has 8 nitrogen and oxygen atoms in total. The molecule has 0 spiro atoms. The second-order valence-electron chi connectivity index (χ2n) is 7.54. The van der Waals surface area contributed by atoms with Crippen LogP contribution in [0.2, 0.25) is 0 Å². The SMILES string of the molecule is COc1c([C@@H]2C[C@](C)(C(F)(F)F)O[C@@H]2C(=O)Nc2cc[n+]([O-])c(C(N)=O)c2)ccc(F)c1F. The minimum atomic E-state index is -4.90. The molecule has 13 heteroatoms. The zero-order chi connectivity index (χ0) is 24.7. The molecule has 3 atom stereocenters. The van der Waals surface area contributed by atoms with E-state index in [0.29, 0.717) is 6.07 Å². The highest BCUT2D eigenvalue weighted by Gasteiger charge is 2.61. The molecule has 3 rings (SSSR count). The Kier molecular flexibility index (Phi) is 6.20. The van der Waals surface area contributed by atoms with E-state index in [-0.39, 0.29) is 16.0 Å². The Morgan fingerprint density at radius 2 is 1.97 bits per heavy atom. The quantitative estimate of drug-likeness (QED) is 0.392. The molecule has 0 radical (unpaired) electrons. The lowest BCUT2D eigenvalue weighted by molar-refractivity contribution is -0.607. The van der Waals surface area contributed by atoms with Gasteiger partial charge in [0, 0.05) is 23.6 Å². The fraction of sp³-hybridized carbons (Fsp3) is 0.350. The average Bonchev–Trinajstić information content (AvgIpc) is 3.10. The molecule has 1 aromatic heterocycles. The molecule has 0 saturated carbocycles. The molecule has 33 heavy (non-hydrogen) atoms. The van der Waals surface area contributed by atoms with Gasteiger partial charge in [-0.2, -0.15) is 22.3 Å². The van der Waals surface area contributed by atoms with Gasteiger partial charge in [0.2, 0.25) is 5.82 Å². The number of alkyl halides is 3. The van der Waals surface area contributed by atoms with Crippen molar-refractivity contribution in [3.8, 4) is 5.75 Å². The van der Waals surface area contributed by atoms with Gasteiger partial charge in [0.05, 0.1) is 12.8 Å². The minimum absolute atomic E-state index is 0.124. The van der Waals surface area contributed by atoms with Crippen molar-refractivity contribution in [3.63, 3.8) is 0 Å². The summed E-state index contributed by atoms with van der Waals surface area (Å²) < 4.78 is 79.1. The van der Waals surface area contributed by atoms with Crippen molar-refractivity contribution in [2.75, 3.05) is 12.4 Å². The fourth-order valence-corrected chi connectivity index (χ4v) is 3.63. The number of hydrogen-bond donors (Lipinski definition) is 2. The summed E-state index contributed by atoms with van der Waals surface area (Å²) in [6.45, 7) is 0.730. The lowest BCUT2D eigenvalue weighted by atomic mass is 9.85. The van der Waals surface area contributed by atoms with Gasteiger partial charge in [-0.1, -0.05) is 6.07 Å². The van der Waals surface area contributed by atoms with Crippen LogP contribution in [0.4, 0.5) is 27.6 Å². The van der Waals surface area contributed by atoms with Crippen LogP contribution in [0.3, 0.4) is 0 Å². The normalized spacial score (nSPS) is 22.8. The lowest BCUT2D eigenvalue weighted by Crippen LogP contribution is -2.43. The largest absolute Gasteiger partial charge is 0.618 e. The van der Waals surface area contributed by atoms with Crippen LogP contribution >= 0.6 is 0 Å². The van der Waals surface area contributed by atoms with Crippen molar-refractivity contribution in [3.05, 3.63) is 58.6 Å². The Morgan fingerprint density at radius 3 is 2.55 bits per heavy atom. The van der Waals surface area contributed by atoms with E-state index < -0.39 is 65.1 Å². The molecular weight excluding hydrogens is 457 g/mol. The van der Waals surface area contributed by atoms with E-state index in [9.17, 15) is 36.7 Å². The van der Waals surface area contributed by atoms with Gasteiger partial charge in [0.15, 0.2) is 23.4 Å². The number of aromatic nitrogens is 1. The van der Waals surface area contributed by atoms with E-state index in [0.717, 1.165) is 38.4 Å². The zero-order valence-corrected chi connectivity index (χ0v) is 17.2. The molecule has 0 aliphatic carbocycles. The molecule has 1 saturated heterocycles. The number of nitrogens with zero attached hydrogens (tertiary/aromatic N) is 1. The number of methoxy groups -OCH3 is 1. The van der Waals surface area contributed by atoms with Gasteiger partial charge in [-0.05, 0) is 19.4 Å². The summed E-state index contributed by atoms with van der Waals surface area (Å²) in [7, 11) is 1.00. The summed E-state index contributed by atoms with van der Waals surface area (Å²) >= 11 is 0. The van der Waals surface area contributed by atoms with E-state index in [1.54, 1.807) is 0 Å². The number of rotatable bonds is 5. The second kappa shape index (κ2) is 8.46. The van der Waals surface area contributed by atoms with Crippen molar-refractivity contribution in [1.29, 1.82) is 0 Å². The van der Waals surface area contributed by atoms with Crippen LogP contribution in [0, 0.1) is 16.8 Å². The molecule has 0 bridgehead atoms. The first-order valence-electron chi connectivity index (χ1n) is 9.39. The fourth-order valence-electron chi connectivity index (χ4n) is 3.63. The predicted octanol–water partition coefficient (Wildman–Crippen LogP) is 2.54. The summed E-state index contributed by atoms with van der Waals surface area (Å²) in [5.74, 6) is -6.94. The van der Waals surface area contributed by atoms with Crippen LogP contribution in [0.15, 0.2) is 30.5 Å². The highest BCUT2D eigenvalue weighted by atomic mass is 19.4. The Morgan fingerprint density at radius 1 is 1.30 bits per heavy atom. The number of ether oxygens (including phenoxy) is 2. The third-order valence-electron chi connectivity index (χ3n) is 5.34. The van der Waals surface area contributed by atoms with Crippen LogP contribution in [0.5, 0.6) is 5.75 Å². The zero-order valence-electron chi connectivity index (χ0n) is 17.2. The minimum Gasteiger partial charge on any atom is -0.618 e. The van der Waals surface area contributed by atoms with E-state index in [1.807, 2.05) is 0 Å². The van der Waals surface area contributed by atoms with Gasteiger partial charge in [-0.3, -0.25) is 9.59 Å². The Balaban J connectivity index is 2.02. The molecular formula is C20H18F5N3O5. The number of nitrogens with two attached hydrogens (primary N) is 1. The third-order valence-corrected chi connectivity index (χ3v) is 5.34. The molecule has 1 aliphatic heterocycles. The van der Waals surface area contributed by atoms with Gasteiger partial charge in [-0.25, -0.2) is 4.39 Å². The first-order valence-corrected chi connectivity index (χ1v) is 9.39. The average molecular weight is 475 g/mol. The van der Waals surface area contributed by atoms with Crippen molar-refractivity contribution < 1.29 is 45.7 Å². The maximum absolute atomic E-state index is 14.2. The molecule has 2 heterocycles. The van der Waals surface area contributed by atoms with Gasteiger partial charge >= 0.3 is 12.1 Å². The molecule has 2 aromatic rings. The van der Waals surface area contributed by atoms with E-state index in [2.05, 4.69) is 5.32 Å². The summed E-state index contributed by atoms with van der Waals surface area (Å²) in [5, 5.41) is 13.8. The van der Waals surface area contributed by atoms with Crippen molar-refractivity contribution >= 4 is 17.5 Å². The number of nitrogens with one attached hydrogen (secondary N) is 1. The number of pyridine rings is 1. The Hall–Kier alpha value is -3.48. The maximum Gasteiger partial charge on any atom is 0.417 e. The summed E-state index contributed by atoms with van der Waals surface area (Å²) in [6, 6.07) is 3.73. The Bertz CT molecular complexity index is 1110. The van der Waals surface area contributed by atoms with Crippen molar-refractivity contribution in [2.45, 2.75) is 37.1 Å². The highest BCUT2D eigenvalue weighted by molar-refractivity contribution is 5.97. The number of anilines is 1. The van der Waals surface area contributed by atoms with Crippen LogP contribution in [-0.2, 0) is 9.53 Å². The predicted molar refractivity (Wildman–Crippen MR) is 102 cm³/mol. The second-order valence-corrected chi connectivity index (χ2v) is 7.54. The molecule has 0 unspecified atom stereocenters. The van der Waals surface area contributed by atoms with Crippen LogP contribution in [0.25, 0.3) is 0 Å². The number of hydrogen-bond acceptors (Lipinski definition) is 5. The van der Waals surface area contributed by atoms with Crippen molar-refractivity contribution in [1.82, 2.24) is 0 Å². The van der Waals surface area contributed by atoms with E-state index in [1.165, 1.54) is 0 Å². The van der Waals surface area contributed by atoms with Crippen LogP contribution in [0.1, 0.15) is 35.3 Å². The number of halogens is 5. The first kappa shape index (κ1) is 24.2. The molecule has 178 valence electrons. The number of carbonyl (C=O) groups is 2. The Labute approximate surface area is 183 Å². The molecule has 1 fully saturated rings. The van der Waals surface area contributed by atoms with E-state index in [4.69, 9.17) is 15.2 Å². The number of carbonyl (C=O) groups excluding carboxylic acids is 2. The lowest BCUT2D eigenvalue weighted by Gasteiger charge is -2.27. The van der Waals surface area contributed by atoms with Gasteiger partial charge in [-0.15, -0.1) is 0 Å². The topological polar surface area (TPSA) is 118 Å². The summed E-state index contributed by atoms with van der Waals surface area (Å²) in [5.41, 5.74) is 1.43. The van der Waals surface area contributed by atoms with Crippen LogP contribution < -0.4 is 20.5 Å². The third kappa shape index (κ3) is 4.40. The van der Waals surface area contributed by atoms with E-state index >= 15 is 0 Å².